The monoisotopic (exact) mass is 677 g/mol. The third-order valence-corrected chi connectivity index (χ3v) is 12.6. The zero-order valence-corrected chi connectivity index (χ0v) is 30.1. The Labute approximate surface area is 312 Å². The van der Waals surface area contributed by atoms with Crippen molar-refractivity contribution in [3.63, 3.8) is 0 Å². The maximum Gasteiger partial charge on any atom is 0.0722 e. The van der Waals surface area contributed by atoms with E-state index in [0.717, 1.165) is 12.8 Å². The average molecular weight is 678 g/mol. The van der Waals surface area contributed by atoms with E-state index in [2.05, 4.69) is 195 Å². The summed E-state index contributed by atoms with van der Waals surface area (Å²) in [5.74, 6) is 0. The number of para-hydroxylation sites is 1. The van der Waals surface area contributed by atoms with E-state index >= 15 is 0 Å². The van der Waals surface area contributed by atoms with Crippen molar-refractivity contribution >= 4 is 22.6 Å². The van der Waals surface area contributed by atoms with Crippen LogP contribution in [0.4, 0.5) is 17.1 Å². The Hall–Kier alpha value is -6.18. The van der Waals surface area contributed by atoms with Gasteiger partial charge in [0.2, 0.25) is 0 Å². The lowest BCUT2D eigenvalue weighted by atomic mass is 9.69. The predicted molar refractivity (Wildman–Crippen MR) is 221 cm³/mol. The number of anilines is 3. The highest BCUT2D eigenvalue weighted by atomic mass is 15.1. The van der Waals surface area contributed by atoms with E-state index in [0.29, 0.717) is 0 Å². The van der Waals surface area contributed by atoms with Crippen LogP contribution < -0.4 is 4.90 Å². The molecule has 0 amide bonds. The van der Waals surface area contributed by atoms with Crippen molar-refractivity contribution in [1.29, 1.82) is 0 Å². The van der Waals surface area contributed by atoms with Crippen LogP contribution in [0.15, 0.2) is 182 Å². The minimum atomic E-state index is -0.364. The second-order valence-electron chi connectivity index (χ2n) is 15.5. The lowest BCUT2D eigenvalue weighted by Crippen LogP contribution is -2.27. The highest BCUT2D eigenvalue weighted by Gasteiger charge is 2.52. The molecule has 53 heavy (non-hydrogen) atoms. The van der Waals surface area contributed by atoms with Crippen molar-refractivity contribution in [3.8, 4) is 33.4 Å². The van der Waals surface area contributed by atoms with E-state index < -0.39 is 0 Å². The van der Waals surface area contributed by atoms with Crippen LogP contribution in [0.2, 0.25) is 0 Å². The van der Waals surface area contributed by atoms with E-state index in [-0.39, 0.29) is 10.8 Å². The Bertz CT molecular complexity index is 2660. The van der Waals surface area contributed by atoms with Crippen LogP contribution in [0, 0.1) is 0 Å². The Balaban J connectivity index is 1.19. The minimum Gasteiger partial charge on any atom is -0.310 e. The molecular formula is C52H39N. The van der Waals surface area contributed by atoms with E-state index in [9.17, 15) is 0 Å². The van der Waals surface area contributed by atoms with E-state index in [1.54, 1.807) is 0 Å². The molecule has 0 saturated heterocycles. The molecule has 1 nitrogen and oxygen atoms in total. The molecule has 1 spiro atoms. The lowest BCUT2D eigenvalue weighted by molar-refractivity contribution is 0.660. The molecule has 0 bridgehead atoms. The third-order valence-electron chi connectivity index (χ3n) is 12.6. The third kappa shape index (κ3) is 4.08. The van der Waals surface area contributed by atoms with Crippen molar-refractivity contribution in [1.82, 2.24) is 0 Å². The summed E-state index contributed by atoms with van der Waals surface area (Å²) in [6.07, 6.45) is 6.97. The van der Waals surface area contributed by atoms with Crippen LogP contribution >= 0.6 is 0 Å². The Kier molecular flexibility index (Phi) is 6.41. The zero-order valence-electron chi connectivity index (χ0n) is 30.1. The number of nitrogens with zero attached hydrogens (tertiary/aromatic N) is 1. The molecule has 0 aromatic heterocycles. The minimum absolute atomic E-state index is 0.110. The van der Waals surface area contributed by atoms with Crippen LogP contribution in [0.3, 0.4) is 0 Å². The first kappa shape index (κ1) is 30.4. The second kappa shape index (κ2) is 11.2. The molecule has 1 heteroatoms. The molecule has 7 aromatic rings. The SMILES string of the molecule is CC1(C)c2ccccc2-c2ccc(N(c3ccc4c(c3)C3(C5=C4CCC=C5)c4ccccc4-c4ccccc43)c3ccccc3-c3ccccc3)cc21. The van der Waals surface area contributed by atoms with Gasteiger partial charge in [0.25, 0.3) is 0 Å². The van der Waals surface area contributed by atoms with Gasteiger partial charge in [-0.3, -0.25) is 0 Å². The molecule has 0 N–H and O–H groups in total. The van der Waals surface area contributed by atoms with Gasteiger partial charge in [0.1, 0.15) is 0 Å². The fourth-order valence-electron chi connectivity index (χ4n) is 10.3. The van der Waals surface area contributed by atoms with Crippen molar-refractivity contribution in [2.45, 2.75) is 37.5 Å². The van der Waals surface area contributed by atoms with Crippen molar-refractivity contribution in [3.05, 3.63) is 215 Å². The summed E-state index contributed by atoms with van der Waals surface area (Å²) in [6, 6.07) is 61.5. The molecule has 11 rings (SSSR count). The number of allylic oxidation sites excluding steroid dienone is 4. The van der Waals surface area contributed by atoms with Crippen LogP contribution in [0.25, 0.3) is 39.0 Å². The van der Waals surface area contributed by atoms with Gasteiger partial charge in [-0.25, -0.2) is 0 Å². The molecule has 0 heterocycles. The van der Waals surface area contributed by atoms with E-state index in [4.69, 9.17) is 0 Å². The first-order chi connectivity index (χ1) is 26.1. The van der Waals surface area contributed by atoms with Crippen LogP contribution in [0.5, 0.6) is 0 Å². The predicted octanol–water partition coefficient (Wildman–Crippen LogP) is 13.6. The molecule has 4 aliphatic carbocycles. The van der Waals surface area contributed by atoms with Crippen molar-refractivity contribution in [2.24, 2.45) is 0 Å². The maximum atomic E-state index is 2.54. The first-order valence-corrected chi connectivity index (χ1v) is 19.0. The van der Waals surface area contributed by atoms with Gasteiger partial charge < -0.3 is 4.90 Å². The highest BCUT2D eigenvalue weighted by molar-refractivity contribution is 5.98. The lowest BCUT2D eigenvalue weighted by Gasteiger charge is -2.34. The quantitative estimate of drug-likeness (QED) is 0.179. The van der Waals surface area contributed by atoms with Crippen LogP contribution in [-0.2, 0) is 10.8 Å². The summed E-state index contributed by atoms with van der Waals surface area (Å²) < 4.78 is 0. The van der Waals surface area contributed by atoms with Crippen molar-refractivity contribution in [2.75, 3.05) is 4.90 Å². The molecule has 4 aliphatic rings. The standard InChI is InChI=1S/C52H39N/c1-51(2)44-23-11-6-19-38(44)42-30-28-35(32-48(42)51)53(50-27-15-10-18-37(50)34-16-4-3-5-17-34)36-29-31-43-41-22-9-14-26-47(41)52(49(43)33-36)45-24-12-7-20-39(45)40-21-8-13-25-46(40)52/h3-8,10-21,23-33H,9,22H2,1-2H3. The number of hydrogen-bond donors (Lipinski definition) is 0. The normalized spacial score (nSPS) is 16.1. The zero-order chi connectivity index (χ0) is 35.3. The molecule has 0 fully saturated rings. The summed E-state index contributed by atoms with van der Waals surface area (Å²) in [4.78, 5) is 2.52. The molecule has 0 atom stereocenters. The molecule has 0 aliphatic heterocycles. The van der Waals surface area contributed by atoms with Crippen LogP contribution in [-0.4, -0.2) is 0 Å². The fraction of sp³-hybridized carbons (Fsp3) is 0.115. The maximum absolute atomic E-state index is 2.54. The molecular weight excluding hydrogens is 639 g/mol. The van der Waals surface area contributed by atoms with E-state index in [1.165, 1.54) is 95.0 Å². The van der Waals surface area contributed by atoms with Gasteiger partial charge >= 0.3 is 0 Å². The van der Waals surface area contributed by atoms with Gasteiger partial charge in [0, 0.05) is 22.4 Å². The molecule has 0 radical (unpaired) electrons. The topological polar surface area (TPSA) is 3.24 Å². The highest BCUT2D eigenvalue weighted by Crippen LogP contribution is 2.64. The number of fused-ring (bicyclic) bond motifs is 12. The second-order valence-corrected chi connectivity index (χ2v) is 15.5. The van der Waals surface area contributed by atoms with E-state index in [1.807, 2.05) is 0 Å². The van der Waals surface area contributed by atoms with Gasteiger partial charge in [-0.15, -0.1) is 0 Å². The summed E-state index contributed by atoms with van der Waals surface area (Å²) in [7, 11) is 0. The summed E-state index contributed by atoms with van der Waals surface area (Å²) in [6.45, 7) is 4.75. The Morgan fingerprint density at radius 3 is 1.68 bits per heavy atom. The smallest absolute Gasteiger partial charge is 0.0722 e. The number of benzene rings is 7. The molecule has 0 saturated carbocycles. The van der Waals surface area contributed by atoms with Gasteiger partial charge in [0.05, 0.1) is 11.1 Å². The molecule has 7 aromatic carbocycles. The number of rotatable bonds is 4. The molecule has 0 unspecified atom stereocenters. The van der Waals surface area contributed by atoms with Gasteiger partial charge in [-0.2, -0.15) is 0 Å². The van der Waals surface area contributed by atoms with Gasteiger partial charge in [0.15, 0.2) is 0 Å². The van der Waals surface area contributed by atoms with Gasteiger partial charge in [-0.05, 0) is 116 Å². The Morgan fingerprint density at radius 2 is 0.981 bits per heavy atom. The summed E-state index contributed by atoms with van der Waals surface area (Å²) in [5.41, 5.74) is 22.1. The summed E-state index contributed by atoms with van der Waals surface area (Å²) in [5, 5.41) is 0. The first-order valence-electron chi connectivity index (χ1n) is 19.0. The summed E-state index contributed by atoms with van der Waals surface area (Å²) >= 11 is 0. The average Bonchev–Trinajstić information content (AvgIpc) is 3.77. The molecule has 252 valence electrons. The van der Waals surface area contributed by atoms with Gasteiger partial charge in [-0.1, -0.05) is 159 Å². The van der Waals surface area contributed by atoms with Crippen molar-refractivity contribution < 1.29 is 0 Å². The number of hydrogen-bond acceptors (Lipinski definition) is 1. The largest absolute Gasteiger partial charge is 0.310 e. The van der Waals surface area contributed by atoms with Crippen LogP contribution in [0.1, 0.15) is 60.1 Å². The Morgan fingerprint density at radius 1 is 0.453 bits per heavy atom. The fourth-order valence-corrected chi connectivity index (χ4v) is 10.3.